The predicted octanol–water partition coefficient (Wildman–Crippen LogP) is 5.07. The Bertz CT molecular complexity index is 274. The van der Waals surface area contributed by atoms with E-state index >= 15 is 0 Å². The van der Waals surface area contributed by atoms with E-state index in [1.54, 1.807) is 13.0 Å². The number of nitrogens with zero attached hydrogens (tertiary/aromatic N) is 1. The average Bonchev–Trinajstić information content (AvgIpc) is 2.18. The summed E-state index contributed by atoms with van der Waals surface area (Å²) in [5, 5.41) is 0. The predicted molar refractivity (Wildman–Crippen MR) is 72.4 cm³/mol. The van der Waals surface area contributed by atoms with Crippen LogP contribution in [0.1, 0.15) is 41.0 Å². The molecule has 92 valence electrons. The summed E-state index contributed by atoms with van der Waals surface area (Å²) in [6.07, 6.45) is 4.86. The molecule has 2 heteroatoms. The number of halogens is 1. The summed E-state index contributed by atoms with van der Waals surface area (Å²) in [6.45, 7) is 16.1. The highest BCUT2D eigenvalue weighted by atomic mass is 19.1. The van der Waals surface area contributed by atoms with Gasteiger partial charge in [-0.15, -0.1) is 6.58 Å². The van der Waals surface area contributed by atoms with Crippen molar-refractivity contribution in [3.05, 3.63) is 36.8 Å². The van der Waals surface area contributed by atoms with E-state index in [0.717, 1.165) is 12.1 Å². The standard InChI is InChI=1S/C11H18FN.C3H6/c1-6-8(2)7-9(3)13-11(5)10(4)12;1-3-2/h7-8H,4,6H2,1-3,5H3;3H,1H2,2H3/b9-7-,13-11?;. The fourth-order valence-electron chi connectivity index (χ4n) is 0.892. The van der Waals surface area contributed by atoms with Gasteiger partial charge < -0.3 is 0 Å². The molecule has 0 aliphatic carbocycles. The number of hydrogen-bond acceptors (Lipinski definition) is 1. The number of rotatable bonds is 4. The molecule has 1 atom stereocenters. The van der Waals surface area contributed by atoms with Crippen molar-refractivity contribution in [2.24, 2.45) is 10.9 Å². The quantitative estimate of drug-likeness (QED) is 0.467. The lowest BCUT2D eigenvalue weighted by Crippen LogP contribution is -1.92. The van der Waals surface area contributed by atoms with Crippen LogP contribution in [-0.2, 0) is 0 Å². The first-order valence-electron chi connectivity index (χ1n) is 5.54. The maximum Gasteiger partial charge on any atom is 0.137 e. The van der Waals surface area contributed by atoms with Crippen molar-refractivity contribution >= 4 is 5.71 Å². The molecule has 0 aromatic rings. The molecule has 0 aliphatic rings. The summed E-state index contributed by atoms with van der Waals surface area (Å²) in [5.74, 6) is 0.0290. The Morgan fingerprint density at radius 1 is 1.44 bits per heavy atom. The molecule has 0 spiro atoms. The molecular weight excluding hydrogens is 201 g/mol. The van der Waals surface area contributed by atoms with Crippen LogP contribution in [0.5, 0.6) is 0 Å². The van der Waals surface area contributed by atoms with Crippen molar-refractivity contribution in [3.8, 4) is 0 Å². The topological polar surface area (TPSA) is 12.4 Å². The third kappa shape index (κ3) is 10.9. The van der Waals surface area contributed by atoms with E-state index in [1.807, 2.05) is 19.9 Å². The molecule has 0 saturated heterocycles. The third-order valence-electron chi connectivity index (χ3n) is 1.91. The molecule has 0 fully saturated rings. The van der Waals surface area contributed by atoms with Gasteiger partial charge in [0, 0.05) is 5.70 Å². The number of allylic oxidation sites excluding steroid dienone is 4. The van der Waals surface area contributed by atoms with Crippen LogP contribution in [0.25, 0.3) is 0 Å². The zero-order chi connectivity index (χ0) is 13.1. The minimum Gasteiger partial charge on any atom is -0.256 e. The van der Waals surface area contributed by atoms with E-state index in [1.165, 1.54) is 0 Å². The maximum absolute atomic E-state index is 12.5. The fraction of sp³-hybridized carbons (Fsp3) is 0.500. The molecule has 0 bridgehead atoms. The smallest absolute Gasteiger partial charge is 0.137 e. The summed E-state index contributed by atoms with van der Waals surface area (Å²) < 4.78 is 12.5. The Morgan fingerprint density at radius 2 is 1.88 bits per heavy atom. The molecule has 0 aliphatic heterocycles. The van der Waals surface area contributed by atoms with Gasteiger partial charge in [0.15, 0.2) is 0 Å². The summed E-state index contributed by atoms with van der Waals surface area (Å²) in [4.78, 5) is 4.07. The van der Waals surface area contributed by atoms with Crippen LogP contribution in [0.4, 0.5) is 4.39 Å². The fourth-order valence-corrected chi connectivity index (χ4v) is 0.892. The molecule has 0 radical (unpaired) electrons. The van der Waals surface area contributed by atoms with Crippen LogP contribution in [0.15, 0.2) is 41.8 Å². The van der Waals surface area contributed by atoms with Crippen LogP contribution < -0.4 is 0 Å². The van der Waals surface area contributed by atoms with Gasteiger partial charge in [0.05, 0.1) is 5.71 Å². The van der Waals surface area contributed by atoms with Crippen molar-refractivity contribution < 1.29 is 4.39 Å². The zero-order valence-electron chi connectivity index (χ0n) is 11.2. The molecule has 0 heterocycles. The average molecular weight is 225 g/mol. The molecule has 0 aromatic heterocycles. The summed E-state index contributed by atoms with van der Waals surface area (Å²) in [7, 11) is 0. The van der Waals surface area contributed by atoms with Gasteiger partial charge in [-0.2, -0.15) is 0 Å². The van der Waals surface area contributed by atoms with Gasteiger partial charge in [-0.1, -0.05) is 39.0 Å². The summed E-state index contributed by atoms with van der Waals surface area (Å²) >= 11 is 0. The molecule has 0 N–H and O–H groups in total. The zero-order valence-corrected chi connectivity index (χ0v) is 11.2. The molecule has 0 saturated carbocycles. The molecule has 1 nitrogen and oxygen atoms in total. The van der Waals surface area contributed by atoms with Crippen LogP contribution in [0.3, 0.4) is 0 Å². The van der Waals surface area contributed by atoms with Gasteiger partial charge in [-0.05, 0) is 26.7 Å². The number of aliphatic imine (C=N–C) groups is 1. The largest absolute Gasteiger partial charge is 0.256 e. The van der Waals surface area contributed by atoms with E-state index in [4.69, 9.17) is 0 Å². The molecule has 0 amide bonds. The highest BCUT2D eigenvalue weighted by Gasteiger charge is 1.97. The Hall–Kier alpha value is -1.18. The first kappa shape index (κ1) is 17.2. The molecule has 0 rings (SSSR count). The van der Waals surface area contributed by atoms with Crippen molar-refractivity contribution in [1.82, 2.24) is 0 Å². The minimum atomic E-state index is -0.461. The maximum atomic E-state index is 12.5. The van der Waals surface area contributed by atoms with Gasteiger partial charge in [-0.25, -0.2) is 4.39 Å². The van der Waals surface area contributed by atoms with Crippen molar-refractivity contribution in [3.63, 3.8) is 0 Å². The van der Waals surface area contributed by atoms with Crippen molar-refractivity contribution in [2.75, 3.05) is 0 Å². The van der Waals surface area contributed by atoms with E-state index in [9.17, 15) is 4.39 Å². The lowest BCUT2D eigenvalue weighted by atomic mass is 10.1. The van der Waals surface area contributed by atoms with Crippen molar-refractivity contribution in [2.45, 2.75) is 41.0 Å². The highest BCUT2D eigenvalue weighted by Crippen LogP contribution is 2.09. The van der Waals surface area contributed by atoms with Crippen LogP contribution >= 0.6 is 0 Å². The van der Waals surface area contributed by atoms with Crippen LogP contribution in [-0.4, -0.2) is 5.71 Å². The Morgan fingerprint density at radius 3 is 2.19 bits per heavy atom. The first-order valence-corrected chi connectivity index (χ1v) is 5.54. The second-order valence-electron chi connectivity index (χ2n) is 3.70. The Labute approximate surface area is 99.5 Å². The monoisotopic (exact) mass is 225 g/mol. The highest BCUT2D eigenvalue weighted by molar-refractivity contribution is 5.96. The number of hydrogen-bond donors (Lipinski definition) is 0. The van der Waals surface area contributed by atoms with Gasteiger partial charge in [0.2, 0.25) is 0 Å². The summed E-state index contributed by atoms with van der Waals surface area (Å²) in [5.41, 5.74) is 1.21. The van der Waals surface area contributed by atoms with E-state index < -0.39 is 5.83 Å². The molecule has 16 heavy (non-hydrogen) atoms. The third-order valence-corrected chi connectivity index (χ3v) is 1.91. The summed E-state index contributed by atoms with van der Waals surface area (Å²) in [6, 6.07) is 0. The first-order chi connectivity index (χ1) is 7.38. The Kier molecular flexibility index (Phi) is 11.1. The van der Waals surface area contributed by atoms with Crippen LogP contribution in [0.2, 0.25) is 0 Å². The normalized spacial score (nSPS) is 13.6. The molecular formula is C14H24FN. The van der Waals surface area contributed by atoms with Crippen LogP contribution in [0, 0.1) is 5.92 Å². The second kappa shape index (κ2) is 10.3. The van der Waals surface area contributed by atoms with Gasteiger partial charge in [0.1, 0.15) is 5.83 Å². The lowest BCUT2D eigenvalue weighted by Gasteiger charge is -2.02. The van der Waals surface area contributed by atoms with Gasteiger partial charge in [-0.3, -0.25) is 4.99 Å². The van der Waals surface area contributed by atoms with E-state index in [0.29, 0.717) is 11.6 Å². The molecule has 1 unspecified atom stereocenters. The van der Waals surface area contributed by atoms with E-state index in [-0.39, 0.29) is 0 Å². The van der Waals surface area contributed by atoms with Crippen molar-refractivity contribution in [1.29, 1.82) is 0 Å². The lowest BCUT2D eigenvalue weighted by molar-refractivity contribution is 0.681. The van der Waals surface area contributed by atoms with Gasteiger partial charge >= 0.3 is 0 Å². The minimum absolute atomic E-state index is 0.358. The second-order valence-corrected chi connectivity index (χ2v) is 3.70. The van der Waals surface area contributed by atoms with E-state index in [2.05, 4.69) is 32.0 Å². The SMILES string of the molecule is C=C(F)C(C)=N/C(C)=C\C(C)CC.C=CC. The molecule has 0 aromatic carbocycles. The Balaban J connectivity index is 0. The van der Waals surface area contributed by atoms with Gasteiger partial charge in [0.25, 0.3) is 0 Å².